The Hall–Kier alpha value is -2.72. The van der Waals surface area contributed by atoms with Crippen LogP contribution in [-0.2, 0) is 9.59 Å². The third-order valence-electron chi connectivity index (χ3n) is 5.64. The molecule has 2 saturated heterocycles. The average molecular weight is 472 g/mol. The highest BCUT2D eigenvalue weighted by molar-refractivity contribution is 8.26. The van der Waals surface area contributed by atoms with Crippen molar-refractivity contribution in [3.63, 3.8) is 0 Å². The molecule has 0 radical (unpaired) electrons. The van der Waals surface area contributed by atoms with E-state index in [1.165, 1.54) is 16.2 Å². The van der Waals surface area contributed by atoms with Gasteiger partial charge in [-0.3, -0.25) is 23.7 Å². The number of hydrogen-bond donors (Lipinski definition) is 1. The first-order chi connectivity index (χ1) is 15.3. The molecular formula is C22H25N5O3S2. The van der Waals surface area contributed by atoms with E-state index in [2.05, 4.69) is 0 Å². The molecule has 0 aliphatic carbocycles. The smallest absolute Gasteiger partial charge is 0.267 e. The van der Waals surface area contributed by atoms with Crippen molar-refractivity contribution < 1.29 is 9.59 Å². The van der Waals surface area contributed by atoms with E-state index >= 15 is 0 Å². The van der Waals surface area contributed by atoms with Crippen LogP contribution in [0.1, 0.15) is 32.3 Å². The molecule has 0 aromatic carbocycles. The molecule has 0 atom stereocenters. The number of aromatic nitrogens is 2. The Kier molecular flexibility index (Phi) is 6.34. The summed E-state index contributed by atoms with van der Waals surface area (Å²) in [5, 5.41) is 0. The van der Waals surface area contributed by atoms with Crippen LogP contribution in [0, 0.1) is 11.8 Å². The first kappa shape index (κ1) is 22.5. The van der Waals surface area contributed by atoms with Gasteiger partial charge < -0.3 is 10.6 Å². The number of fused-ring (bicyclic) bond motifs is 1. The molecule has 4 heterocycles. The van der Waals surface area contributed by atoms with Gasteiger partial charge >= 0.3 is 0 Å². The molecule has 2 N–H and O–H groups in total. The first-order valence-corrected chi connectivity index (χ1v) is 11.8. The van der Waals surface area contributed by atoms with Crippen LogP contribution in [0.3, 0.4) is 0 Å². The standard InChI is InChI=1S/C22H25N5O3S2/c1-13(2)12-27-21(30)16(32-22(27)31)11-15-19(25-9-6-14(7-10-25)18(23)28)24-17-5-3-4-8-26(17)20(15)29/h3-5,8,11,13-14H,6-7,9-10,12H2,1-2H3,(H2,23,28)/b16-11-. The fraction of sp³-hybridized carbons (Fsp3) is 0.409. The lowest BCUT2D eigenvalue weighted by molar-refractivity contribution is -0.123. The Bertz CT molecular complexity index is 1180. The highest BCUT2D eigenvalue weighted by Gasteiger charge is 2.33. The Morgan fingerprint density at radius 3 is 2.69 bits per heavy atom. The summed E-state index contributed by atoms with van der Waals surface area (Å²) in [6.07, 6.45) is 4.47. The van der Waals surface area contributed by atoms with Crippen molar-refractivity contribution in [2.45, 2.75) is 26.7 Å². The van der Waals surface area contributed by atoms with Crippen LogP contribution >= 0.6 is 24.0 Å². The van der Waals surface area contributed by atoms with Crippen molar-refractivity contribution in [2.24, 2.45) is 17.6 Å². The zero-order chi connectivity index (χ0) is 23.0. The van der Waals surface area contributed by atoms with E-state index in [0.717, 1.165) is 0 Å². The van der Waals surface area contributed by atoms with E-state index in [-0.39, 0.29) is 29.2 Å². The maximum atomic E-state index is 13.4. The third-order valence-corrected chi connectivity index (χ3v) is 7.02. The predicted molar refractivity (Wildman–Crippen MR) is 130 cm³/mol. The molecule has 0 spiro atoms. The zero-order valence-electron chi connectivity index (χ0n) is 18.0. The van der Waals surface area contributed by atoms with E-state index in [1.54, 1.807) is 29.3 Å². The van der Waals surface area contributed by atoms with E-state index in [4.69, 9.17) is 22.9 Å². The van der Waals surface area contributed by atoms with Crippen molar-refractivity contribution in [1.82, 2.24) is 14.3 Å². The molecule has 4 rings (SSSR count). The maximum Gasteiger partial charge on any atom is 0.267 e. The van der Waals surface area contributed by atoms with Gasteiger partial charge in [-0.1, -0.05) is 43.9 Å². The van der Waals surface area contributed by atoms with E-state index in [0.29, 0.717) is 58.7 Å². The van der Waals surface area contributed by atoms with E-state index < -0.39 is 0 Å². The van der Waals surface area contributed by atoms with Crippen molar-refractivity contribution in [3.8, 4) is 0 Å². The average Bonchev–Trinajstić information content (AvgIpc) is 3.02. The molecule has 0 saturated carbocycles. The minimum Gasteiger partial charge on any atom is -0.369 e. The number of piperidine rings is 1. The summed E-state index contributed by atoms with van der Waals surface area (Å²) in [4.78, 5) is 46.7. The second kappa shape index (κ2) is 9.03. The van der Waals surface area contributed by atoms with Crippen LogP contribution < -0.4 is 16.2 Å². The number of amides is 2. The zero-order valence-corrected chi connectivity index (χ0v) is 19.6. The van der Waals surface area contributed by atoms with Crippen LogP contribution in [-0.4, -0.2) is 50.1 Å². The lowest BCUT2D eigenvalue weighted by Crippen LogP contribution is -2.40. The summed E-state index contributed by atoms with van der Waals surface area (Å²) >= 11 is 6.61. The highest BCUT2D eigenvalue weighted by atomic mass is 32.2. The third kappa shape index (κ3) is 4.29. The Balaban J connectivity index is 1.78. The summed E-state index contributed by atoms with van der Waals surface area (Å²) in [5.74, 6) is 0.114. The topological polar surface area (TPSA) is 101 Å². The summed E-state index contributed by atoms with van der Waals surface area (Å²) in [6, 6.07) is 5.36. The quantitative estimate of drug-likeness (QED) is 0.527. The van der Waals surface area contributed by atoms with E-state index in [1.807, 2.05) is 24.8 Å². The fourth-order valence-corrected chi connectivity index (χ4v) is 5.24. The molecule has 10 heteroatoms. The van der Waals surface area contributed by atoms with Crippen molar-refractivity contribution in [1.29, 1.82) is 0 Å². The van der Waals surface area contributed by atoms with Gasteiger partial charge in [0.1, 0.15) is 15.8 Å². The van der Waals surface area contributed by atoms with Crippen molar-refractivity contribution in [3.05, 3.63) is 45.2 Å². The van der Waals surface area contributed by atoms with Gasteiger partial charge in [-0.25, -0.2) is 4.98 Å². The largest absolute Gasteiger partial charge is 0.369 e. The van der Waals surface area contributed by atoms with Gasteiger partial charge in [0.2, 0.25) is 5.91 Å². The summed E-state index contributed by atoms with van der Waals surface area (Å²) in [7, 11) is 0. The van der Waals surface area contributed by atoms with Gasteiger partial charge in [0.05, 0.1) is 10.5 Å². The van der Waals surface area contributed by atoms with Crippen LogP contribution in [0.4, 0.5) is 5.82 Å². The Morgan fingerprint density at radius 1 is 1.31 bits per heavy atom. The highest BCUT2D eigenvalue weighted by Crippen LogP contribution is 2.34. The summed E-state index contributed by atoms with van der Waals surface area (Å²) in [6.45, 7) is 5.69. The molecule has 2 aromatic heterocycles. The SMILES string of the molecule is CC(C)CN1C(=O)/C(=C/c2c(N3CCC(C(N)=O)CC3)nc3ccccn3c2=O)SC1=S. The molecule has 168 valence electrons. The fourth-order valence-electron chi connectivity index (χ4n) is 3.99. The van der Waals surface area contributed by atoms with Crippen molar-refractivity contribution >= 4 is 57.7 Å². The summed E-state index contributed by atoms with van der Waals surface area (Å²) < 4.78 is 1.97. The van der Waals surface area contributed by atoms with Gasteiger partial charge in [0.25, 0.3) is 11.5 Å². The van der Waals surface area contributed by atoms with Gasteiger partial charge in [-0.05, 0) is 37.0 Å². The number of primary amides is 1. The van der Waals surface area contributed by atoms with Gasteiger partial charge in [-0.2, -0.15) is 0 Å². The lowest BCUT2D eigenvalue weighted by atomic mass is 9.96. The van der Waals surface area contributed by atoms with Crippen LogP contribution in [0.5, 0.6) is 0 Å². The predicted octanol–water partition coefficient (Wildman–Crippen LogP) is 2.25. The number of pyridine rings is 1. The molecular weight excluding hydrogens is 446 g/mol. The number of anilines is 1. The minimum absolute atomic E-state index is 0.177. The van der Waals surface area contributed by atoms with Gasteiger partial charge in [0.15, 0.2) is 0 Å². The Labute approximate surface area is 195 Å². The lowest BCUT2D eigenvalue weighted by Gasteiger charge is -2.32. The molecule has 0 unspecified atom stereocenters. The molecule has 32 heavy (non-hydrogen) atoms. The number of nitrogens with two attached hydrogens (primary N) is 1. The first-order valence-electron chi connectivity index (χ1n) is 10.6. The molecule has 2 aromatic rings. The second-order valence-corrected chi connectivity index (χ2v) is 10.1. The molecule has 2 amide bonds. The number of carbonyl (C=O) groups is 2. The molecule has 0 bridgehead atoms. The Morgan fingerprint density at radius 2 is 2.03 bits per heavy atom. The monoisotopic (exact) mass is 471 g/mol. The number of thiocarbonyl (C=S) groups is 1. The minimum atomic E-state index is -0.301. The second-order valence-electron chi connectivity index (χ2n) is 8.43. The number of nitrogens with zero attached hydrogens (tertiary/aromatic N) is 4. The normalized spacial score (nSPS) is 19.0. The number of thioether (sulfide) groups is 1. The molecule has 2 aliphatic heterocycles. The number of hydrogen-bond acceptors (Lipinski definition) is 7. The van der Waals surface area contributed by atoms with Gasteiger partial charge in [0, 0.05) is 31.7 Å². The molecule has 8 nitrogen and oxygen atoms in total. The molecule has 2 aliphatic rings. The van der Waals surface area contributed by atoms with Crippen LogP contribution in [0.15, 0.2) is 34.1 Å². The number of carbonyl (C=O) groups excluding carboxylic acids is 2. The number of rotatable bonds is 5. The molecule has 2 fully saturated rings. The van der Waals surface area contributed by atoms with Crippen molar-refractivity contribution in [2.75, 3.05) is 24.5 Å². The van der Waals surface area contributed by atoms with Crippen LogP contribution in [0.2, 0.25) is 0 Å². The van der Waals surface area contributed by atoms with Gasteiger partial charge in [-0.15, -0.1) is 0 Å². The van der Waals surface area contributed by atoms with E-state index in [9.17, 15) is 14.4 Å². The summed E-state index contributed by atoms with van der Waals surface area (Å²) in [5.41, 5.74) is 6.08. The van der Waals surface area contributed by atoms with Crippen LogP contribution in [0.25, 0.3) is 11.7 Å². The maximum absolute atomic E-state index is 13.4.